The number of β-amino-alcohol motifs (C(OH)–C–C–N with tert-alkyl or cyclic N) is 1. The lowest BCUT2D eigenvalue weighted by Gasteiger charge is -2.45. The molecule has 6 heteroatoms. The van der Waals surface area contributed by atoms with E-state index in [2.05, 4.69) is 0 Å². The van der Waals surface area contributed by atoms with Crippen LogP contribution in [0.15, 0.2) is 18.2 Å². The third-order valence-electron chi connectivity index (χ3n) is 2.73. The number of hydrogen-bond acceptors (Lipinski definition) is 5. The zero-order chi connectivity index (χ0) is 12.6. The van der Waals surface area contributed by atoms with Crippen LogP contribution in [0.3, 0.4) is 0 Å². The number of nitriles is 1. The van der Waals surface area contributed by atoms with E-state index in [-0.39, 0.29) is 11.3 Å². The van der Waals surface area contributed by atoms with E-state index in [0.29, 0.717) is 18.8 Å². The van der Waals surface area contributed by atoms with Crippen LogP contribution in [-0.2, 0) is 0 Å². The molecule has 0 unspecified atom stereocenters. The van der Waals surface area contributed by atoms with Crippen molar-refractivity contribution in [3.05, 3.63) is 33.9 Å². The first-order valence-electron chi connectivity index (χ1n) is 5.09. The van der Waals surface area contributed by atoms with E-state index in [0.717, 1.165) is 0 Å². The van der Waals surface area contributed by atoms with E-state index in [1.165, 1.54) is 12.1 Å². The van der Waals surface area contributed by atoms with E-state index in [1.807, 2.05) is 4.90 Å². The van der Waals surface area contributed by atoms with E-state index < -0.39 is 10.5 Å². The molecule has 1 aromatic carbocycles. The van der Waals surface area contributed by atoms with Crippen LogP contribution in [0, 0.1) is 21.4 Å². The van der Waals surface area contributed by atoms with Crippen LogP contribution >= 0.6 is 0 Å². The first-order chi connectivity index (χ1) is 7.93. The number of anilines is 1. The highest BCUT2D eigenvalue weighted by Crippen LogP contribution is 2.31. The fourth-order valence-electron chi connectivity index (χ4n) is 1.92. The van der Waals surface area contributed by atoms with Gasteiger partial charge in [-0.3, -0.25) is 10.1 Å². The van der Waals surface area contributed by atoms with Gasteiger partial charge in [-0.25, -0.2) is 0 Å². The SMILES string of the molecule is CC1(O)CN(c2ccc(C#N)c([N+](=O)[O-])c2)C1. The summed E-state index contributed by atoms with van der Waals surface area (Å²) in [5.41, 5.74) is -0.229. The molecule has 1 aromatic rings. The summed E-state index contributed by atoms with van der Waals surface area (Å²) in [4.78, 5) is 12.0. The lowest BCUT2D eigenvalue weighted by molar-refractivity contribution is -0.385. The summed E-state index contributed by atoms with van der Waals surface area (Å²) < 4.78 is 0. The van der Waals surface area contributed by atoms with Crippen molar-refractivity contribution in [3.63, 3.8) is 0 Å². The highest BCUT2D eigenvalue weighted by molar-refractivity contribution is 5.61. The maximum Gasteiger partial charge on any atom is 0.289 e. The number of nitro benzene ring substituents is 1. The fourth-order valence-corrected chi connectivity index (χ4v) is 1.92. The Hall–Kier alpha value is -2.13. The molecule has 0 radical (unpaired) electrons. The van der Waals surface area contributed by atoms with Crippen LogP contribution in [0.1, 0.15) is 12.5 Å². The molecule has 2 rings (SSSR count). The Kier molecular flexibility index (Phi) is 2.48. The van der Waals surface area contributed by atoms with E-state index in [1.54, 1.807) is 19.1 Å². The lowest BCUT2D eigenvalue weighted by Crippen LogP contribution is -2.60. The van der Waals surface area contributed by atoms with Gasteiger partial charge in [0, 0.05) is 24.8 Å². The van der Waals surface area contributed by atoms with Crippen molar-refractivity contribution in [3.8, 4) is 6.07 Å². The quantitative estimate of drug-likeness (QED) is 0.608. The van der Waals surface area contributed by atoms with Crippen LogP contribution in [-0.4, -0.2) is 28.7 Å². The zero-order valence-corrected chi connectivity index (χ0v) is 9.25. The molecule has 1 N–H and O–H groups in total. The molecule has 0 spiro atoms. The summed E-state index contributed by atoms with van der Waals surface area (Å²) in [5, 5.41) is 29.1. The molecule has 0 aromatic heterocycles. The molecule has 1 heterocycles. The van der Waals surface area contributed by atoms with Gasteiger partial charge in [0.1, 0.15) is 11.6 Å². The van der Waals surface area contributed by atoms with Gasteiger partial charge in [-0.1, -0.05) is 0 Å². The maximum atomic E-state index is 10.8. The zero-order valence-electron chi connectivity index (χ0n) is 9.25. The molecule has 1 aliphatic heterocycles. The first-order valence-corrected chi connectivity index (χ1v) is 5.09. The Balaban J connectivity index is 2.30. The van der Waals surface area contributed by atoms with Gasteiger partial charge in [-0.05, 0) is 19.1 Å². The third-order valence-corrected chi connectivity index (χ3v) is 2.73. The van der Waals surface area contributed by atoms with Gasteiger partial charge in [0.2, 0.25) is 0 Å². The molecule has 0 amide bonds. The Morgan fingerprint density at radius 2 is 2.24 bits per heavy atom. The van der Waals surface area contributed by atoms with Crippen LogP contribution in [0.4, 0.5) is 11.4 Å². The predicted octanol–water partition coefficient (Wildman–Crippen LogP) is 1.04. The number of rotatable bonds is 2. The molecular weight excluding hydrogens is 222 g/mol. The standard InChI is InChI=1S/C11H11N3O3/c1-11(15)6-13(7-11)9-3-2-8(5-12)10(4-9)14(16)17/h2-4,15H,6-7H2,1H3. The first kappa shape index (κ1) is 11.4. The van der Waals surface area contributed by atoms with Crippen LogP contribution in [0.5, 0.6) is 0 Å². The van der Waals surface area contributed by atoms with Crippen molar-refractivity contribution in [2.24, 2.45) is 0 Å². The topological polar surface area (TPSA) is 90.4 Å². The minimum absolute atomic E-state index is 0.0473. The summed E-state index contributed by atoms with van der Waals surface area (Å²) in [7, 11) is 0. The normalized spacial score (nSPS) is 17.1. The number of hydrogen-bond donors (Lipinski definition) is 1. The van der Waals surface area contributed by atoms with Crippen molar-refractivity contribution in [1.82, 2.24) is 0 Å². The van der Waals surface area contributed by atoms with Crippen LogP contribution in [0.2, 0.25) is 0 Å². The van der Waals surface area contributed by atoms with Gasteiger partial charge in [0.15, 0.2) is 0 Å². The Labute approximate surface area is 97.8 Å². The van der Waals surface area contributed by atoms with Crippen molar-refractivity contribution in [2.45, 2.75) is 12.5 Å². The Morgan fingerprint density at radius 1 is 1.59 bits per heavy atom. The molecule has 88 valence electrons. The highest BCUT2D eigenvalue weighted by Gasteiger charge is 2.37. The van der Waals surface area contributed by atoms with Crippen molar-refractivity contribution in [2.75, 3.05) is 18.0 Å². The van der Waals surface area contributed by atoms with Gasteiger partial charge in [-0.15, -0.1) is 0 Å². The van der Waals surface area contributed by atoms with Gasteiger partial charge in [0.25, 0.3) is 5.69 Å². The molecule has 6 nitrogen and oxygen atoms in total. The predicted molar refractivity (Wildman–Crippen MR) is 60.6 cm³/mol. The average Bonchev–Trinajstić information content (AvgIpc) is 2.24. The summed E-state index contributed by atoms with van der Waals surface area (Å²) in [6, 6.07) is 6.24. The second-order valence-electron chi connectivity index (χ2n) is 4.42. The summed E-state index contributed by atoms with van der Waals surface area (Å²) in [5.74, 6) is 0. The molecule has 0 saturated carbocycles. The van der Waals surface area contributed by atoms with Gasteiger partial charge in [-0.2, -0.15) is 5.26 Å². The van der Waals surface area contributed by atoms with Gasteiger partial charge >= 0.3 is 0 Å². The monoisotopic (exact) mass is 233 g/mol. The van der Waals surface area contributed by atoms with Crippen LogP contribution < -0.4 is 4.90 Å². The maximum absolute atomic E-state index is 10.8. The summed E-state index contributed by atoms with van der Waals surface area (Å²) >= 11 is 0. The second kappa shape index (κ2) is 3.71. The summed E-state index contributed by atoms with van der Waals surface area (Å²) in [6.45, 7) is 2.59. The molecular formula is C11H11N3O3. The number of nitrogens with zero attached hydrogens (tertiary/aromatic N) is 3. The smallest absolute Gasteiger partial charge is 0.289 e. The number of aliphatic hydroxyl groups is 1. The molecule has 0 atom stereocenters. The Morgan fingerprint density at radius 3 is 2.71 bits per heavy atom. The highest BCUT2D eigenvalue weighted by atomic mass is 16.6. The van der Waals surface area contributed by atoms with Crippen LogP contribution in [0.25, 0.3) is 0 Å². The minimum Gasteiger partial charge on any atom is -0.386 e. The van der Waals surface area contributed by atoms with Crippen molar-refractivity contribution >= 4 is 11.4 Å². The van der Waals surface area contributed by atoms with Crippen molar-refractivity contribution in [1.29, 1.82) is 5.26 Å². The largest absolute Gasteiger partial charge is 0.386 e. The number of nitro groups is 1. The second-order valence-corrected chi connectivity index (χ2v) is 4.42. The summed E-state index contributed by atoms with van der Waals surface area (Å²) in [6.07, 6.45) is 0. The van der Waals surface area contributed by atoms with E-state index in [9.17, 15) is 15.2 Å². The number of benzene rings is 1. The molecule has 0 bridgehead atoms. The molecule has 0 aliphatic carbocycles. The fraction of sp³-hybridized carbons (Fsp3) is 0.364. The van der Waals surface area contributed by atoms with E-state index in [4.69, 9.17) is 5.26 Å². The lowest BCUT2D eigenvalue weighted by atomic mass is 9.96. The van der Waals surface area contributed by atoms with Gasteiger partial charge < -0.3 is 10.0 Å². The third kappa shape index (κ3) is 2.05. The molecule has 17 heavy (non-hydrogen) atoms. The molecule has 1 fully saturated rings. The minimum atomic E-state index is -0.733. The molecule has 1 saturated heterocycles. The Bertz CT molecular complexity index is 511. The van der Waals surface area contributed by atoms with Gasteiger partial charge in [0.05, 0.1) is 10.5 Å². The molecule has 1 aliphatic rings. The van der Waals surface area contributed by atoms with Crippen molar-refractivity contribution < 1.29 is 10.0 Å². The van der Waals surface area contributed by atoms with E-state index >= 15 is 0 Å². The average molecular weight is 233 g/mol.